The Labute approximate surface area is 126 Å². The van der Waals surface area contributed by atoms with Crippen LogP contribution in [-0.2, 0) is 0 Å². The van der Waals surface area contributed by atoms with Crippen LogP contribution in [0.25, 0.3) is 22.9 Å². The van der Waals surface area contributed by atoms with Crippen LogP contribution in [0.3, 0.4) is 0 Å². The minimum atomic E-state index is 1.23. The number of halogens is 1. The molecule has 0 heterocycles. The second-order valence-electron chi connectivity index (χ2n) is 4.46. The average molecular weight is 356 g/mol. The van der Waals surface area contributed by atoms with Crippen LogP contribution in [0.4, 0.5) is 0 Å². The third-order valence-electron chi connectivity index (χ3n) is 3.13. The van der Waals surface area contributed by atoms with Crippen LogP contribution in [0.2, 0.25) is 0 Å². The van der Waals surface area contributed by atoms with Crippen LogP contribution in [0.1, 0.15) is 11.1 Å². The lowest BCUT2D eigenvalue weighted by molar-refractivity contribution is 1.60. The molecule has 1 heteroatoms. The van der Waals surface area contributed by atoms with Crippen molar-refractivity contribution < 1.29 is 0 Å². The normalized spacial score (nSPS) is 11.2. The van der Waals surface area contributed by atoms with Crippen LogP contribution in [-0.4, -0.2) is 0 Å². The van der Waals surface area contributed by atoms with Gasteiger partial charge >= 0.3 is 0 Å². The van der Waals surface area contributed by atoms with Crippen molar-refractivity contribution >= 4 is 45.5 Å². The topological polar surface area (TPSA) is 0 Å². The Morgan fingerprint density at radius 2 is 1.42 bits per heavy atom. The van der Waals surface area contributed by atoms with Gasteiger partial charge in [-0.3, -0.25) is 0 Å². The van der Waals surface area contributed by atoms with Crippen molar-refractivity contribution in [2.75, 3.05) is 0 Å². The molecule has 0 aromatic heterocycles. The summed E-state index contributed by atoms with van der Waals surface area (Å²) in [6.07, 6.45) is 4.34. The Kier molecular flexibility index (Phi) is 3.65. The van der Waals surface area contributed by atoms with Crippen molar-refractivity contribution in [1.29, 1.82) is 0 Å². The first-order valence-electron chi connectivity index (χ1n) is 6.24. The fourth-order valence-electron chi connectivity index (χ4n) is 2.11. The Hall–Kier alpha value is -1.61. The highest BCUT2D eigenvalue weighted by molar-refractivity contribution is 14.1. The van der Waals surface area contributed by atoms with E-state index in [1.807, 2.05) is 0 Å². The molecule has 0 saturated carbocycles. The van der Waals surface area contributed by atoms with Gasteiger partial charge in [-0.2, -0.15) is 0 Å². The Bertz CT molecular complexity index is 741. The van der Waals surface area contributed by atoms with Crippen LogP contribution >= 0.6 is 22.6 Å². The molecule has 0 aliphatic heterocycles. The Balaban J connectivity index is 1.95. The molecule has 0 aliphatic rings. The monoisotopic (exact) mass is 356 g/mol. The van der Waals surface area contributed by atoms with E-state index in [1.165, 1.54) is 25.5 Å². The fourth-order valence-corrected chi connectivity index (χ4v) is 2.67. The van der Waals surface area contributed by atoms with E-state index in [4.69, 9.17) is 0 Å². The van der Waals surface area contributed by atoms with Gasteiger partial charge in [-0.05, 0) is 56.6 Å². The highest BCUT2D eigenvalue weighted by Crippen LogP contribution is 2.19. The first-order chi connectivity index (χ1) is 9.33. The van der Waals surface area contributed by atoms with Crippen molar-refractivity contribution in [3.05, 3.63) is 81.4 Å². The summed E-state index contributed by atoms with van der Waals surface area (Å²) < 4.78 is 1.28. The number of hydrogen-bond donors (Lipinski definition) is 0. The predicted molar refractivity (Wildman–Crippen MR) is 92.0 cm³/mol. The van der Waals surface area contributed by atoms with Crippen LogP contribution in [0.15, 0.2) is 66.7 Å². The molecule has 92 valence electrons. The van der Waals surface area contributed by atoms with E-state index in [0.717, 1.165) is 0 Å². The number of rotatable bonds is 2. The van der Waals surface area contributed by atoms with Gasteiger partial charge in [0.05, 0.1) is 0 Å². The quantitative estimate of drug-likeness (QED) is 0.413. The fraction of sp³-hybridized carbons (Fsp3) is 0. The van der Waals surface area contributed by atoms with Gasteiger partial charge in [-0.15, -0.1) is 0 Å². The van der Waals surface area contributed by atoms with Crippen LogP contribution < -0.4 is 0 Å². The third-order valence-corrected chi connectivity index (χ3v) is 4.12. The van der Waals surface area contributed by atoms with Gasteiger partial charge < -0.3 is 0 Å². The van der Waals surface area contributed by atoms with Crippen molar-refractivity contribution in [2.45, 2.75) is 0 Å². The van der Waals surface area contributed by atoms with Gasteiger partial charge in [-0.25, -0.2) is 0 Å². The SMILES string of the molecule is Ic1ccccc1C=Cc1ccc2ccccc2c1. The van der Waals surface area contributed by atoms with Gasteiger partial charge in [-0.1, -0.05) is 66.7 Å². The molecule has 0 radical (unpaired) electrons. The van der Waals surface area contributed by atoms with E-state index >= 15 is 0 Å². The molecule has 0 saturated heterocycles. The molecule has 0 amide bonds. The zero-order chi connectivity index (χ0) is 13.1. The molecular formula is C18H13I. The van der Waals surface area contributed by atoms with Gasteiger partial charge in [0.2, 0.25) is 0 Å². The molecule has 3 aromatic carbocycles. The Morgan fingerprint density at radius 3 is 2.26 bits per heavy atom. The maximum Gasteiger partial charge on any atom is 0.0202 e. The summed E-state index contributed by atoms with van der Waals surface area (Å²) in [5.74, 6) is 0. The summed E-state index contributed by atoms with van der Waals surface area (Å²) in [6, 6.07) is 23.4. The summed E-state index contributed by atoms with van der Waals surface area (Å²) in [5.41, 5.74) is 2.50. The van der Waals surface area contributed by atoms with E-state index in [-0.39, 0.29) is 0 Å². The molecule has 3 aromatic rings. The summed E-state index contributed by atoms with van der Waals surface area (Å²) in [6.45, 7) is 0. The van der Waals surface area contributed by atoms with Gasteiger partial charge in [0.15, 0.2) is 0 Å². The largest absolute Gasteiger partial charge is 0.0616 e. The molecular weight excluding hydrogens is 343 g/mol. The molecule has 19 heavy (non-hydrogen) atoms. The average Bonchev–Trinajstić information content (AvgIpc) is 2.46. The zero-order valence-corrected chi connectivity index (χ0v) is 12.5. The first kappa shape index (κ1) is 12.4. The van der Waals surface area contributed by atoms with E-state index in [9.17, 15) is 0 Å². The summed E-state index contributed by atoms with van der Waals surface area (Å²) in [4.78, 5) is 0. The number of hydrogen-bond acceptors (Lipinski definition) is 0. The third kappa shape index (κ3) is 2.87. The molecule has 0 fully saturated rings. The van der Waals surface area contributed by atoms with E-state index in [0.29, 0.717) is 0 Å². The highest BCUT2D eigenvalue weighted by atomic mass is 127. The molecule has 0 spiro atoms. The molecule has 0 unspecified atom stereocenters. The maximum atomic E-state index is 2.37. The summed E-state index contributed by atoms with van der Waals surface area (Å²) in [5, 5.41) is 2.57. The van der Waals surface area contributed by atoms with Crippen LogP contribution in [0, 0.1) is 3.57 Å². The van der Waals surface area contributed by atoms with E-state index < -0.39 is 0 Å². The molecule has 0 nitrogen and oxygen atoms in total. The van der Waals surface area contributed by atoms with Crippen molar-refractivity contribution in [1.82, 2.24) is 0 Å². The van der Waals surface area contributed by atoms with Crippen molar-refractivity contribution in [2.24, 2.45) is 0 Å². The van der Waals surface area contributed by atoms with Crippen molar-refractivity contribution in [3.63, 3.8) is 0 Å². The van der Waals surface area contributed by atoms with E-state index in [2.05, 4.69) is 101 Å². The lowest BCUT2D eigenvalue weighted by Crippen LogP contribution is -1.78. The molecule has 0 atom stereocenters. The summed E-state index contributed by atoms with van der Waals surface area (Å²) >= 11 is 2.37. The molecule has 0 bridgehead atoms. The lowest BCUT2D eigenvalue weighted by atomic mass is 10.1. The van der Waals surface area contributed by atoms with E-state index in [1.54, 1.807) is 0 Å². The van der Waals surface area contributed by atoms with Crippen LogP contribution in [0.5, 0.6) is 0 Å². The minimum absolute atomic E-state index is 1.23. The highest BCUT2D eigenvalue weighted by Gasteiger charge is 1.95. The number of fused-ring (bicyclic) bond motifs is 1. The molecule has 0 N–H and O–H groups in total. The zero-order valence-electron chi connectivity index (χ0n) is 10.4. The smallest absolute Gasteiger partial charge is 0.0202 e. The maximum absolute atomic E-state index is 2.37. The molecule has 3 rings (SSSR count). The molecule has 0 aliphatic carbocycles. The minimum Gasteiger partial charge on any atom is -0.0616 e. The van der Waals surface area contributed by atoms with Gasteiger partial charge in [0.1, 0.15) is 0 Å². The first-order valence-corrected chi connectivity index (χ1v) is 7.32. The van der Waals surface area contributed by atoms with Crippen molar-refractivity contribution in [3.8, 4) is 0 Å². The second-order valence-corrected chi connectivity index (χ2v) is 5.62. The number of benzene rings is 3. The van der Waals surface area contributed by atoms with Gasteiger partial charge in [0, 0.05) is 3.57 Å². The van der Waals surface area contributed by atoms with Gasteiger partial charge in [0.25, 0.3) is 0 Å². The Morgan fingerprint density at radius 1 is 0.684 bits per heavy atom. The summed E-state index contributed by atoms with van der Waals surface area (Å²) in [7, 11) is 0. The predicted octanol–water partition coefficient (Wildman–Crippen LogP) is 5.61. The standard InChI is InChI=1S/C18H13I/c19-18-8-4-3-6-16(18)12-10-14-9-11-15-5-1-2-7-17(15)13-14/h1-13H. The second kappa shape index (κ2) is 5.57. The lowest BCUT2D eigenvalue weighted by Gasteiger charge is -2.00.